The summed E-state index contributed by atoms with van der Waals surface area (Å²) in [6, 6.07) is 15.6. The molecule has 0 aromatic heterocycles. The number of para-hydroxylation sites is 2. The van der Waals surface area contributed by atoms with Gasteiger partial charge in [0.25, 0.3) is 5.91 Å². The third kappa shape index (κ3) is 1.40. The predicted molar refractivity (Wildman–Crippen MR) is 77.6 cm³/mol. The molecule has 1 atom stereocenters. The molecule has 0 aliphatic carbocycles. The van der Waals surface area contributed by atoms with Crippen LogP contribution < -0.4 is 15.9 Å². The Morgan fingerprint density at radius 2 is 1.80 bits per heavy atom. The first-order valence-corrected chi connectivity index (χ1v) is 6.55. The van der Waals surface area contributed by atoms with Crippen molar-refractivity contribution in [3.63, 3.8) is 0 Å². The number of nitrogens with one attached hydrogen (secondary N) is 1. The van der Waals surface area contributed by atoms with Gasteiger partial charge in [-0.15, -0.1) is 0 Å². The lowest BCUT2D eigenvalue weighted by Crippen LogP contribution is -2.35. The van der Waals surface area contributed by atoms with Crippen LogP contribution in [0.1, 0.15) is 5.56 Å². The second kappa shape index (κ2) is 3.90. The summed E-state index contributed by atoms with van der Waals surface area (Å²) >= 11 is 0. The Kier molecular flexibility index (Phi) is 2.18. The van der Waals surface area contributed by atoms with Crippen LogP contribution in [0.25, 0.3) is 6.08 Å². The van der Waals surface area contributed by atoms with E-state index in [0.29, 0.717) is 0 Å². The molecule has 0 radical (unpaired) electrons. The van der Waals surface area contributed by atoms with Gasteiger partial charge in [-0.05, 0) is 23.4 Å². The van der Waals surface area contributed by atoms with Gasteiger partial charge in [-0.25, -0.2) is 0 Å². The van der Waals surface area contributed by atoms with Gasteiger partial charge in [-0.2, -0.15) is 0 Å². The summed E-state index contributed by atoms with van der Waals surface area (Å²) in [6.45, 7) is 0. The van der Waals surface area contributed by atoms with Gasteiger partial charge in [-0.1, -0.05) is 48.6 Å². The Morgan fingerprint density at radius 1 is 1.00 bits per heavy atom. The van der Waals surface area contributed by atoms with E-state index < -0.39 is 5.54 Å². The second-order valence-corrected chi connectivity index (χ2v) is 4.96. The van der Waals surface area contributed by atoms with E-state index >= 15 is 0 Å². The second-order valence-electron chi connectivity index (χ2n) is 4.96. The molecular weight excluding hydrogens is 248 g/mol. The van der Waals surface area contributed by atoms with Crippen molar-refractivity contribution in [2.75, 3.05) is 5.32 Å². The minimum absolute atomic E-state index is 0.0972. The summed E-state index contributed by atoms with van der Waals surface area (Å²) < 4.78 is 0. The molecule has 2 aromatic rings. The van der Waals surface area contributed by atoms with Gasteiger partial charge in [0.15, 0.2) is 5.54 Å². The molecule has 2 heterocycles. The van der Waals surface area contributed by atoms with Gasteiger partial charge in [-0.3, -0.25) is 9.79 Å². The number of fused-ring (bicyclic) bond motifs is 3. The number of nitrogens with zero attached hydrogens (tertiary/aromatic N) is 1. The number of benzene rings is 2. The number of allylic oxidation sites excluding steroid dienone is 1. The lowest BCUT2D eigenvalue weighted by Gasteiger charge is -2.17. The molecule has 2 aliphatic heterocycles. The molecule has 96 valence electrons. The third-order valence-corrected chi connectivity index (χ3v) is 3.78. The highest BCUT2D eigenvalue weighted by Crippen LogP contribution is 2.39. The maximum absolute atomic E-state index is 12.5. The number of anilines is 1. The first kappa shape index (κ1) is 11.2. The Balaban J connectivity index is 2.08. The van der Waals surface area contributed by atoms with E-state index in [1.165, 1.54) is 0 Å². The van der Waals surface area contributed by atoms with Gasteiger partial charge in [0, 0.05) is 11.3 Å². The highest BCUT2D eigenvalue weighted by Gasteiger charge is 2.44. The van der Waals surface area contributed by atoms with E-state index in [0.717, 1.165) is 21.8 Å². The summed E-state index contributed by atoms with van der Waals surface area (Å²) in [5.74, 6) is -0.0972. The molecule has 0 saturated heterocycles. The Morgan fingerprint density at radius 3 is 2.75 bits per heavy atom. The maximum Gasteiger partial charge on any atom is 0.261 e. The summed E-state index contributed by atoms with van der Waals surface area (Å²) in [5, 5.41) is 4.78. The van der Waals surface area contributed by atoms with Gasteiger partial charge in [0.2, 0.25) is 0 Å². The summed E-state index contributed by atoms with van der Waals surface area (Å²) in [6.07, 6.45) is 5.77. The first-order valence-electron chi connectivity index (χ1n) is 6.55. The highest BCUT2D eigenvalue weighted by atomic mass is 16.2. The number of carbonyl (C=O) groups is 1. The first-order chi connectivity index (χ1) is 9.79. The zero-order valence-electron chi connectivity index (χ0n) is 10.7. The van der Waals surface area contributed by atoms with Gasteiger partial charge >= 0.3 is 0 Å². The van der Waals surface area contributed by atoms with Crippen LogP contribution in [0.2, 0.25) is 0 Å². The van der Waals surface area contributed by atoms with Crippen molar-refractivity contribution in [1.29, 1.82) is 0 Å². The molecule has 4 rings (SSSR count). The van der Waals surface area contributed by atoms with E-state index in [-0.39, 0.29) is 5.91 Å². The monoisotopic (exact) mass is 260 g/mol. The zero-order valence-corrected chi connectivity index (χ0v) is 10.7. The molecule has 2 aliphatic rings. The van der Waals surface area contributed by atoms with Crippen LogP contribution in [0.3, 0.4) is 0 Å². The average Bonchev–Trinajstić information content (AvgIpc) is 2.63. The lowest BCUT2D eigenvalue weighted by atomic mass is 9.91. The Labute approximate surface area is 116 Å². The number of carbonyl (C=O) groups excluding carboxylic acids is 1. The molecular formula is C17H12N2O. The molecule has 0 bridgehead atoms. The van der Waals surface area contributed by atoms with Crippen LogP contribution >= 0.6 is 0 Å². The molecule has 2 aromatic carbocycles. The smallest absolute Gasteiger partial charge is 0.261 e. The molecule has 1 N–H and O–H groups in total. The van der Waals surface area contributed by atoms with Crippen LogP contribution in [-0.2, 0) is 10.3 Å². The van der Waals surface area contributed by atoms with Gasteiger partial charge in [0.1, 0.15) is 0 Å². The lowest BCUT2D eigenvalue weighted by molar-refractivity contribution is -0.119. The molecule has 0 saturated carbocycles. The van der Waals surface area contributed by atoms with Crippen molar-refractivity contribution < 1.29 is 4.79 Å². The largest absolute Gasteiger partial charge is 0.323 e. The Bertz CT molecular complexity index is 867. The van der Waals surface area contributed by atoms with Crippen LogP contribution in [0.5, 0.6) is 0 Å². The maximum atomic E-state index is 12.5. The molecule has 20 heavy (non-hydrogen) atoms. The molecule has 0 fully saturated rings. The van der Waals surface area contributed by atoms with Crippen LogP contribution in [0, 0.1) is 0 Å². The van der Waals surface area contributed by atoms with Crippen molar-refractivity contribution in [3.05, 3.63) is 76.8 Å². The minimum Gasteiger partial charge on any atom is -0.323 e. The number of rotatable bonds is 0. The van der Waals surface area contributed by atoms with Crippen LogP contribution in [-0.4, -0.2) is 5.91 Å². The molecule has 3 nitrogen and oxygen atoms in total. The highest BCUT2D eigenvalue weighted by molar-refractivity contribution is 6.07. The van der Waals surface area contributed by atoms with E-state index in [1.54, 1.807) is 0 Å². The molecule has 1 unspecified atom stereocenters. The van der Waals surface area contributed by atoms with Crippen LogP contribution in [0.15, 0.2) is 65.7 Å². The normalized spacial score (nSPS) is 22.3. The SMILES string of the molecule is O=C1Nc2ccccc2C12C=CC=c1ccccc1=N2. The van der Waals surface area contributed by atoms with E-state index in [2.05, 4.69) is 5.32 Å². The van der Waals surface area contributed by atoms with E-state index in [4.69, 9.17) is 4.99 Å². The Hall–Kier alpha value is -2.68. The number of hydrogen-bond acceptors (Lipinski definition) is 2. The summed E-state index contributed by atoms with van der Waals surface area (Å²) in [7, 11) is 0. The third-order valence-electron chi connectivity index (χ3n) is 3.78. The van der Waals surface area contributed by atoms with Crippen LogP contribution in [0.4, 0.5) is 5.69 Å². The number of amides is 1. The molecule has 3 heteroatoms. The standard InChI is InChI=1S/C17H12N2O/c20-16-17(13-8-2-4-10-15(13)18-16)11-5-7-12-6-1-3-9-14(12)19-17/h1-11H,(H,18,20). The fraction of sp³-hybridized carbons (Fsp3) is 0.0588. The quantitative estimate of drug-likeness (QED) is 0.766. The average molecular weight is 260 g/mol. The molecule has 1 spiro atoms. The molecule has 1 amide bonds. The van der Waals surface area contributed by atoms with Crippen molar-refractivity contribution in [2.45, 2.75) is 5.54 Å². The summed E-state index contributed by atoms with van der Waals surface area (Å²) in [5.41, 5.74) is 0.802. The zero-order chi connectivity index (χ0) is 13.6. The van der Waals surface area contributed by atoms with Crippen molar-refractivity contribution in [2.24, 2.45) is 4.99 Å². The topological polar surface area (TPSA) is 41.5 Å². The van der Waals surface area contributed by atoms with E-state index in [9.17, 15) is 4.79 Å². The van der Waals surface area contributed by atoms with Crippen molar-refractivity contribution >= 4 is 17.7 Å². The van der Waals surface area contributed by atoms with Crippen molar-refractivity contribution in [1.82, 2.24) is 0 Å². The predicted octanol–water partition coefficient (Wildman–Crippen LogP) is 1.50. The summed E-state index contributed by atoms with van der Waals surface area (Å²) in [4.78, 5) is 17.3. The number of hydrogen-bond donors (Lipinski definition) is 1. The van der Waals surface area contributed by atoms with Gasteiger partial charge < -0.3 is 5.32 Å². The van der Waals surface area contributed by atoms with Gasteiger partial charge in [0.05, 0.1) is 5.36 Å². The minimum atomic E-state index is -0.945. The van der Waals surface area contributed by atoms with E-state index in [1.807, 2.05) is 66.8 Å². The fourth-order valence-electron chi connectivity index (χ4n) is 2.79. The fourth-order valence-corrected chi connectivity index (χ4v) is 2.79. The van der Waals surface area contributed by atoms with Crippen molar-refractivity contribution in [3.8, 4) is 0 Å².